The molecule has 1 rings (SSSR count). The first-order valence-corrected chi connectivity index (χ1v) is 4.88. The number of carbonyl (C=O) groups excluding carboxylic acids is 2. The fraction of sp³-hybridized carbons (Fsp3) is 0.778. The maximum absolute atomic E-state index is 11.1. The molecule has 0 aliphatic carbocycles. The molecule has 0 radical (unpaired) electrons. The van der Waals surface area contributed by atoms with E-state index in [4.69, 9.17) is 0 Å². The Morgan fingerprint density at radius 1 is 1.64 bits per heavy atom. The zero-order chi connectivity index (χ0) is 10.6. The molecule has 1 aliphatic rings. The van der Waals surface area contributed by atoms with Gasteiger partial charge in [0.1, 0.15) is 0 Å². The molecule has 1 aliphatic heterocycles. The van der Waals surface area contributed by atoms with E-state index in [1.54, 1.807) is 0 Å². The largest absolute Gasteiger partial charge is 0.393 e. The first-order chi connectivity index (χ1) is 6.63. The van der Waals surface area contributed by atoms with E-state index in [9.17, 15) is 14.7 Å². The highest BCUT2D eigenvalue weighted by atomic mass is 16.3. The standard InChI is InChI=1S/C9H16N2O3/c1-2-6(12)3-4-10-7-5-8(13)11-9(7)14/h6-7,10,12H,2-5H2,1H3,(H,11,13,14). The second-order valence-electron chi connectivity index (χ2n) is 3.47. The third-order valence-electron chi connectivity index (χ3n) is 2.31. The van der Waals surface area contributed by atoms with Crippen LogP contribution in [0.2, 0.25) is 0 Å². The van der Waals surface area contributed by atoms with Crippen molar-refractivity contribution in [1.29, 1.82) is 0 Å². The van der Waals surface area contributed by atoms with Gasteiger partial charge in [-0.3, -0.25) is 14.9 Å². The average Bonchev–Trinajstić information content (AvgIpc) is 2.45. The Morgan fingerprint density at radius 2 is 2.36 bits per heavy atom. The minimum atomic E-state index is -0.411. The number of amides is 2. The van der Waals surface area contributed by atoms with Crippen molar-refractivity contribution in [3.8, 4) is 0 Å². The van der Waals surface area contributed by atoms with Crippen LogP contribution in [0.3, 0.4) is 0 Å². The zero-order valence-electron chi connectivity index (χ0n) is 8.25. The molecule has 0 aromatic heterocycles. The molecule has 5 heteroatoms. The SMILES string of the molecule is CCC(O)CCNC1CC(=O)NC1=O. The van der Waals surface area contributed by atoms with Gasteiger partial charge < -0.3 is 10.4 Å². The molecule has 1 heterocycles. The molecule has 5 nitrogen and oxygen atoms in total. The van der Waals surface area contributed by atoms with Gasteiger partial charge in [0.2, 0.25) is 11.8 Å². The van der Waals surface area contributed by atoms with Crippen LogP contribution < -0.4 is 10.6 Å². The molecule has 80 valence electrons. The van der Waals surface area contributed by atoms with Crippen molar-refractivity contribution in [3.63, 3.8) is 0 Å². The molecule has 2 unspecified atom stereocenters. The molecular weight excluding hydrogens is 184 g/mol. The Bertz CT molecular complexity index is 230. The quantitative estimate of drug-likeness (QED) is 0.505. The van der Waals surface area contributed by atoms with Crippen molar-refractivity contribution < 1.29 is 14.7 Å². The van der Waals surface area contributed by atoms with E-state index in [2.05, 4.69) is 10.6 Å². The molecular formula is C9H16N2O3. The van der Waals surface area contributed by atoms with Crippen LogP contribution in [0.1, 0.15) is 26.2 Å². The molecule has 3 N–H and O–H groups in total. The number of imide groups is 1. The van der Waals surface area contributed by atoms with E-state index < -0.39 is 6.04 Å². The topological polar surface area (TPSA) is 78.4 Å². The maximum atomic E-state index is 11.1. The van der Waals surface area contributed by atoms with Gasteiger partial charge in [-0.05, 0) is 19.4 Å². The maximum Gasteiger partial charge on any atom is 0.244 e. The highest BCUT2D eigenvalue weighted by Crippen LogP contribution is 2.02. The van der Waals surface area contributed by atoms with Gasteiger partial charge in [0.25, 0.3) is 0 Å². The van der Waals surface area contributed by atoms with Crippen LogP contribution in [0.4, 0.5) is 0 Å². The van der Waals surface area contributed by atoms with Gasteiger partial charge in [-0.1, -0.05) is 6.92 Å². The Balaban J connectivity index is 2.19. The lowest BCUT2D eigenvalue weighted by Crippen LogP contribution is -2.37. The predicted octanol–water partition coefficient (Wildman–Crippen LogP) is -0.848. The summed E-state index contributed by atoms with van der Waals surface area (Å²) in [5.74, 6) is -0.496. The number of aliphatic hydroxyl groups excluding tert-OH is 1. The average molecular weight is 200 g/mol. The molecule has 14 heavy (non-hydrogen) atoms. The molecule has 0 saturated carbocycles. The number of hydrogen-bond acceptors (Lipinski definition) is 4. The van der Waals surface area contributed by atoms with Crippen molar-refractivity contribution in [2.75, 3.05) is 6.54 Å². The van der Waals surface area contributed by atoms with E-state index >= 15 is 0 Å². The highest BCUT2D eigenvalue weighted by molar-refractivity contribution is 6.05. The Labute approximate surface area is 82.9 Å². The van der Waals surface area contributed by atoms with Crippen molar-refractivity contribution >= 4 is 11.8 Å². The van der Waals surface area contributed by atoms with Crippen molar-refractivity contribution in [2.45, 2.75) is 38.3 Å². The predicted molar refractivity (Wildman–Crippen MR) is 50.5 cm³/mol. The minimum Gasteiger partial charge on any atom is -0.393 e. The lowest BCUT2D eigenvalue weighted by atomic mass is 10.2. The normalized spacial score (nSPS) is 23.7. The number of hydrogen-bond donors (Lipinski definition) is 3. The van der Waals surface area contributed by atoms with Crippen LogP contribution >= 0.6 is 0 Å². The van der Waals surface area contributed by atoms with Crippen molar-refractivity contribution in [2.24, 2.45) is 0 Å². The molecule has 0 spiro atoms. The van der Waals surface area contributed by atoms with Gasteiger partial charge in [-0.15, -0.1) is 0 Å². The third-order valence-corrected chi connectivity index (χ3v) is 2.31. The van der Waals surface area contributed by atoms with Crippen LogP contribution in [0.15, 0.2) is 0 Å². The number of aliphatic hydroxyl groups is 1. The van der Waals surface area contributed by atoms with E-state index in [1.165, 1.54) is 0 Å². The summed E-state index contributed by atoms with van der Waals surface area (Å²) in [7, 11) is 0. The second kappa shape index (κ2) is 5.07. The zero-order valence-corrected chi connectivity index (χ0v) is 8.25. The van der Waals surface area contributed by atoms with Crippen molar-refractivity contribution in [1.82, 2.24) is 10.6 Å². The number of rotatable bonds is 5. The first kappa shape index (κ1) is 11.1. The Hall–Kier alpha value is -0.940. The van der Waals surface area contributed by atoms with E-state index in [0.717, 1.165) is 0 Å². The molecule has 1 fully saturated rings. The fourth-order valence-corrected chi connectivity index (χ4v) is 1.35. The summed E-state index contributed by atoms with van der Waals surface area (Å²) in [4.78, 5) is 21.9. The van der Waals surface area contributed by atoms with Crippen LogP contribution in [0.5, 0.6) is 0 Å². The fourth-order valence-electron chi connectivity index (χ4n) is 1.35. The monoisotopic (exact) mass is 200 g/mol. The molecule has 1 saturated heterocycles. The molecule has 0 aromatic carbocycles. The molecule has 2 atom stereocenters. The lowest BCUT2D eigenvalue weighted by Gasteiger charge is -2.11. The summed E-state index contributed by atoms with van der Waals surface area (Å²) in [6.45, 7) is 2.46. The Kier molecular flexibility index (Phi) is 4.03. The number of nitrogens with one attached hydrogen (secondary N) is 2. The number of carbonyl (C=O) groups is 2. The summed E-state index contributed by atoms with van der Waals surface area (Å²) in [5.41, 5.74) is 0. The van der Waals surface area contributed by atoms with Gasteiger partial charge in [0.05, 0.1) is 18.6 Å². The summed E-state index contributed by atoms with van der Waals surface area (Å²) in [6.07, 6.45) is 1.19. The van der Waals surface area contributed by atoms with Gasteiger partial charge in [0, 0.05) is 0 Å². The second-order valence-corrected chi connectivity index (χ2v) is 3.47. The van der Waals surface area contributed by atoms with Crippen LogP contribution in [-0.4, -0.2) is 35.6 Å². The van der Waals surface area contributed by atoms with Gasteiger partial charge in [-0.2, -0.15) is 0 Å². The molecule has 0 aromatic rings. The van der Waals surface area contributed by atoms with E-state index in [0.29, 0.717) is 19.4 Å². The van der Waals surface area contributed by atoms with Gasteiger partial charge >= 0.3 is 0 Å². The smallest absolute Gasteiger partial charge is 0.244 e. The van der Waals surface area contributed by atoms with Gasteiger partial charge in [-0.25, -0.2) is 0 Å². The first-order valence-electron chi connectivity index (χ1n) is 4.88. The Morgan fingerprint density at radius 3 is 2.86 bits per heavy atom. The van der Waals surface area contributed by atoms with Crippen LogP contribution in [0, 0.1) is 0 Å². The summed E-state index contributed by atoms with van der Waals surface area (Å²) in [6, 6.07) is -0.411. The summed E-state index contributed by atoms with van der Waals surface area (Å²) >= 11 is 0. The lowest BCUT2D eigenvalue weighted by molar-refractivity contribution is -0.125. The third kappa shape index (κ3) is 3.08. The van der Waals surface area contributed by atoms with Gasteiger partial charge in [0.15, 0.2) is 0 Å². The summed E-state index contributed by atoms with van der Waals surface area (Å²) in [5, 5.41) is 14.4. The molecule has 2 amide bonds. The van der Waals surface area contributed by atoms with E-state index in [1.807, 2.05) is 6.92 Å². The molecule has 0 bridgehead atoms. The van der Waals surface area contributed by atoms with Crippen LogP contribution in [-0.2, 0) is 9.59 Å². The van der Waals surface area contributed by atoms with E-state index in [-0.39, 0.29) is 24.3 Å². The minimum absolute atomic E-state index is 0.209. The summed E-state index contributed by atoms with van der Waals surface area (Å²) < 4.78 is 0. The highest BCUT2D eigenvalue weighted by Gasteiger charge is 2.29. The van der Waals surface area contributed by atoms with Crippen LogP contribution in [0.25, 0.3) is 0 Å². The van der Waals surface area contributed by atoms with Crippen molar-refractivity contribution in [3.05, 3.63) is 0 Å².